The first-order valence-corrected chi connectivity index (χ1v) is 8.87. The monoisotopic (exact) mass is 332 g/mol. The van der Waals surface area contributed by atoms with Crippen LogP contribution < -0.4 is 5.32 Å². The van der Waals surface area contributed by atoms with E-state index in [1.165, 1.54) is 11.8 Å². The van der Waals surface area contributed by atoms with E-state index in [-0.39, 0.29) is 17.7 Å². The van der Waals surface area contributed by atoms with Gasteiger partial charge in [0.05, 0.1) is 5.75 Å². The van der Waals surface area contributed by atoms with Crippen LogP contribution in [0, 0.1) is 0 Å². The van der Waals surface area contributed by atoms with Gasteiger partial charge < -0.3 is 15.0 Å². The van der Waals surface area contributed by atoms with Crippen molar-refractivity contribution in [3.05, 3.63) is 6.33 Å². The number of nitrogens with one attached hydrogen (secondary N) is 1. The Labute approximate surface area is 132 Å². The maximum absolute atomic E-state index is 11.8. The number of carbonyl (C=O) groups excluding carboxylic acids is 1. The molecule has 1 aromatic heterocycles. The third-order valence-electron chi connectivity index (χ3n) is 2.67. The molecule has 21 heavy (non-hydrogen) atoms. The Morgan fingerprint density at radius 3 is 2.76 bits per heavy atom. The van der Waals surface area contributed by atoms with Gasteiger partial charge in [-0.2, -0.15) is 11.8 Å². The van der Waals surface area contributed by atoms with Crippen molar-refractivity contribution in [1.82, 2.24) is 20.1 Å². The minimum atomic E-state index is -1.01. The summed E-state index contributed by atoms with van der Waals surface area (Å²) in [5.74, 6) is -0.514. The molecule has 7 nitrogen and oxygen atoms in total. The molecule has 9 heteroatoms. The predicted molar refractivity (Wildman–Crippen MR) is 83.7 cm³/mol. The maximum atomic E-state index is 11.8. The number of aliphatic carboxylic acids is 1. The summed E-state index contributed by atoms with van der Waals surface area (Å²) < 4.78 is 1.86. The molecule has 0 radical (unpaired) electrons. The van der Waals surface area contributed by atoms with E-state index in [9.17, 15) is 9.59 Å². The quantitative estimate of drug-likeness (QED) is 0.657. The van der Waals surface area contributed by atoms with E-state index < -0.39 is 12.0 Å². The minimum absolute atomic E-state index is 0.120. The Bertz CT molecular complexity index is 479. The average Bonchev–Trinajstić information content (AvgIpc) is 2.89. The van der Waals surface area contributed by atoms with E-state index in [0.717, 1.165) is 0 Å². The normalized spacial score (nSPS) is 12.4. The molecule has 0 aromatic carbocycles. The summed E-state index contributed by atoms with van der Waals surface area (Å²) in [6.07, 6.45) is 3.92. The molecular weight excluding hydrogens is 312 g/mol. The van der Waals surface area contributed by atoms with Gasteiger partial charge in [-0.1, -0.05) is 11.8 Å². The van der Waals surface area contributed by atoms with Crippen LogP contribution in [0.3, 0.4) is 0 Å². The number of hydrogen-bond donors (Lipinski definition) is 2. The van der Waals surface area contributed by atoms with Crippen LogP contribution in [0.5, 0.6) is 0 Å². The van der Waals surface area contributed by atoms with Gasteiger partial charge in [-0.15, -0.1) is 10.2 Å². The topological polar surface area (TPSA) is 97.1 Å². The summed E-state index contributed by atoms with van der Waals surface area (Å²) in [5.41, 5.74) is 0. The third kappa shape index (κ3) is 5.96. The first-order valence-electron chi connectivity index (χ1n) is 6.49. The fourth-order valence-electron chi connectivity index (χ4n) is 1.55. The molecule has 0 aliphatic carbocycles. The van der Waals surface area contributed by atoms with Crippen LogP contribution in [0.25, 0.3) is 0 Å². The van der Waals surface area contributed by atoms with Crippen molar-refractivity contribution in [1.29, 1.82) is 0 Å². The van der Waals surface area contributed by atoms with Gasteiger partial charge in [-0.05, 0) is 32.3 Å². The first kappa shape index (κ1) is 17.8. The first-order chi connectivity index (χ1) is 9.95. The molecule has 0 aliphatic rings. The fraction of sp³-hybridized carbons (Fsp3) is 0.667. The Morgan fingerprint density at radius 1 is 1.48 bits per heavy atom. The molecule has 1 unspecified atom stereocenters. The number of aromatic nitrogens is 3. The summed E-state index contributed by atoms with van der Waals surface area (Å²) in [6.45, 7) is 3.99. The lowest BCUT2D eigenvalue weighted by Gasteiger charge is -2.14. The average molecular weight is 332 g/mol. The largest absolute Gasteiger partial charge is 0.480 e. The third-order valence-corrected chi connectivity index (χ3v) is 4.27. The van der Waals surface area contributed by atoms with Gasteiger partial charge in [-0.3, -0.25) is 4.79 Å². The molecule has 1 rings (SSSR count). The summed E-state index contributed by atoms with van der Waals surface area (Å²) in [5, 5.41) is 20.0. The number of thioether (sulfide) groups is 2. The van der Waals surface area contributed by atoms with Crippen molar-refractivity contribution >= 4 is 35.4 Å². The van der Waals surface area contributed by atoms with Crippen LogP contribution in [-0.2, 0) is 9.59 Å². The highest BCUT2D eigenvalue weighted by molar-refractivity contribution is 7.99. The summed E-state index contributed by atoms with van der Waals surface area (Å²) in [6, 6.07) is -0.632. The SMILES string of the molecule is CSCCC(NC(=O)CSc1nncn1C(C)C)C(=O)O. The molecule has 0 aliphatic heterocycles. The number of carboxylic acids is 1. The number of hydrogen-bond acceptors (Lipinski definition) is 6. The standard InChI is InChI=1S/C12H20N4O3S2/c1-8(2)16-7-13-15-12(16)21-6-10(17)14-9(11(18)19)4-5-20-3/h7-9H,4-6H2,1-3H3,(H,14,17)(H,18,19). The van der Waals surface area contributed by atoms with Crippen molar-refractivity contribution in [2.45, 2.75) is 37.5 Å². The van der Waals surface area contributed by atoms with Crippen molar-refractivity contribution in [3.8, 4) is 0 Å². The molecule has 1 heterocycles. The molecule has 2 N–H and O–H groups in total. The second-order valence-corrected chi connectivity index (χ2v) is 6.57. The molecule has 0 bridgehead atoms. The zero-order chi connectivity index (χ0) is 15.8. The zero-order valence-corrected chi connectivity index (χ0v) is 13.9. The van der Waals surface area contributed by atoms with Crippen LogP contribution in [0.15, 0.2) is 11.5 Å². The smallest absolute Gasteiger partial charge is 0.326 e. The molecule has 118 valence electrons. The number of carbonyl (C=O) groups is 2. The second-order valence-electron chi connectivity index (χ2n) is 4.64. The van der Waals surface area contributed by atoms with E-state index in [4.69, 9.17) is 5.11 Å². The van der Waals surface area contributed by atoms with E-state index in [1.807, 2.05) is 24.7 Å². The van der Waals surface area contributed by atoms with Crippen LogP contribution in [0.2, 0.25) is 0 Å². The molecule has 1 aromatic rings. The molecule has 1 atom stereocenters. The predicted octanol–water partition coefficient (Wildman–Crippen LogP) is 1.27. The molecule has 0 fully saturated rings. The molecule has 0 spiro atoms. The highest BCUT2D eigenvalue weighted by Gasteiger charge is 2.20. The van der Waals surface area contributed by atoms with Crippen molar-refractivity contribution in [3.63, 3.8) is 0 Å². The van der Waals surface area contributed by atoms with Gasteiger partial charge in [0.2, 0.25) is 5.91 Å². The Morgan fingerprint density at radius 2 is 2.19 bits per heavy atom. The number of amides is 1. The van der Waals surface area contributed by atoms with Gasteiger partial charge in [-0.25, -0.2) is 4.79 Å². The van der Waals surface area contributed by atoms with Crippen LogP contribution in [-0.4, -0.2) is 55.6 Å². The molecular formula is C12H20N4O3S2. The summed E-state index contributed by atoms with van der Waals surface area (Å²) in [7, 11) is 0. The van der Waals surface area contributed by atoms with Crippen LogP contribution in [0.1, 0.15) is 26.3 Å². The van der Waals surface area contributed by atoms with Gasteiger partial charge in [0.1, 0.15) is 12.4 Å². The van der Waals surface area contributed by atoms with Crippen molar-refractivity contribution in [2.75, 3.05) is 17.8 Å². The van der Waals surface area contributed by atoms with E-state index >= 15 is 0 Å². The fourth-order valence-corrected chi connectivity index (χ4v) is 2.88. The Hall–Kier alpha value is -1.22. The van der Waals surface area contributed by atoms with E-state index in [2.05, 4.69) is 15.5 Å². The zero-order valence-electron chi connectivity index (χ0n) is 12.3. The molecule has 0 saturated heterocycles. The highest BCUT2D eigenvalue weighted by Crippen LogP contribution is 2.18. The maximum Gasteiger partial charge on any atom is 0.326 e. The summed E-state index contributed by atoms with van der Waals surface area (Å²) >= 11 is 2.80. The van der Waals surface area contributed by atoms with Gasteiger partial charge in [0.15, 0.2) is 5.16 Å². The minimum Gasteiger partial charge on any atom is -0.480 e. The lowest BCUT2D eigenvalue weighted by atomic mass is 10.2. The van der Waals surface area contributed by atoms with Gasteiger partial charge in [0.25, 0.3) is 0 Å². The van der Waals surface area contributed by atoms with Gasteiger partial charge in [0, 0.05) is 6.04 Å². The van der Waals surface area contributed by atoms with Crippen molar-refractivity contribution in [2.24, 2.45) is 0 Å². The molecule has 0 saturated carbocycles. The lowest BCUT2D eigenvalue weighted by molar-refractivity contribution is -0.141. The summed E-state index contributed by atoms with van der Waals surface area (Å²) in [4.78, 5) is 22.9. The lowest BCUT2D eigenvalue weighted by Crippen LogP contribution is -2.42. The number of carboxylic acid groups (broad SMARTS) is 1. The highest BCUT2D eigenvalue weighted by atomic mass is 32.2. The number of rotatable bonds is 9. The number of nitrogens with zero attached hydrogens (tertiary/aromatic N) is 3. The van der Waals surface area contributed by atoms with Crippen LogP contribution >= 0.6 is 23.5 Å². The van der Waals surface area contributed by atoms with Crippen molar-refractivity contribution < 1.29 is 14.7 Å². The van der Waals surface area contributed by atoms with Gasteiger partial charge >= 0.3 is 5.97 Å². The van der Waals surface area contributed by atoms with Crippen LogP contribution in [0.4, 0.5) is 0 Å². The van der Waals surface area contributed by atoms with E-state index in [1.54, 1.807) is 18.1 Å². The molecule has 1 amide bonds. The Balaban J connectivity index is 2.49. The second kappa shape index (κ2) is 8.93. The Kier molecular flexibility index (Phi) is 7.58. The van der Waals surface area contributed by atoms with E-state index in [0.29, 0.717) is 17.3 Å².